The van der Waals surface area contributed by atoms with Crippen LogP contribution >= 0.6 is 0 Å². The molecule has 0 atom stereocenters. The zero-order valence-electron chi connectivity index (χ0n) is 10.8. The van der Waals surface area contributed by atoms with E-state index in [4.69, 9.17) is 4.43 Å². The van der Waals surface area contributed by atoms with Gasteiger partial charge in [-0.3, -0.25) is 4.79 Å². The molecular weight excluding hydrogens is 208 g/mol. The number of Topliss-reactive ketones (excluding diaryl/α,β-unsaturated/α-hetero) is 1. The molecule has 0 aliphatic heterocycles. The van der Waals surface area contributed by atoms with Gasteiger partial charge in [-0.05, 0) is 33.9 Å². The van der Waals surface area contributed by atoms with Crippen molar-refractivity contribution in [1.29, 1.82) is 0 Å². The molecule has 0 N–H and O–H groups in total. The van der Waals surface area contributed by atoms with Crippen LogP contribution in [0.1, 0.15) is 20.8 Å². The van der Waals surface area contributed by atoms with Gasteiger partial charge in [-0.2, -0.15) is 0 Å². The van der Waals surface area contributed by atoms with Crippen molar-refractivity contribution in [3.05, 3.63) is 0 Å². The average molecular weight is 232 g/mol. The van der Waals surface area contributed by atoms with Gasteiger partial charge in [0.25, 0.3) is 0 Å². The van der Waals surface area contributed by atoms with Gasteiger partial charge in [-0.1, -0.05) is 19.6 Å². The Labute approximate surface area is 90.0 Å². The molecule has 0 bridgehead atoms. The minimum absolute atomic E-state index is 0.122. The SMILES string of the molecule is CC(=O)C(C)(C)O[Si](C)(C)[Si](C)(C)C. The summed E-state index contributed by atoms with van der Waals surface area (Å²) in [6, 6.07) is 0. The summed E-state index contributed by atoms with van der Waals surface area (Å²) >= 11 is 0. The lowest BCUT2D eigenvalue weighted by atomic mass is 10.1. The lowest BCUT2D eigenvalue weighted by Gasteiger charge is -2.40. The Morgan fingerprint density at radius 1 is 1.07 bits per heavy atom. The van der Waals surface area contributed by atoms with Crippen LogP contribution in [0.3, 0.4) is 0 Å². The Hall–Kier alpha value is 0.0638. The molecule has 14 heavy (non-hydrogen) atoms. The van der Waals surface area contributed by atoms with Crippen LogP contribution in [0.2, 0.25) is 32.7 Å². The molecule has 0 unspecified atom stereocenters. The molecule has 0 aromatic heterocycles. The standard InChI is InChI=1S/C10H24O2Si2/c1-9(11)10(2,3)12-14(7,8)13(4,5)6/h1-8H3. The number of hydrogen-bond donors (Lipinski definition) is 0. The monoisotopic (exact) mass is 232 g/mol. The van der Waals surface area contributed by atoms with Crippen LogP contribution in [0.5, 0.6) is 0 Å². The highest BCUT2D eigenvalue weighted by Gasteiger charge is 2.43. The summed E-state index contributed by atoms with van der Waals surface area (Å²) in [4.78, 5) is 11.4. The van der Waals surface area contributed by atoms with Gasteiger partial charge >= 0.3 is 0 Å². The second-order valence-corrected chi connectivity index (χ2v) is 21.8. The van der Waals surface area contributed by atoms with E-state index in [1.54, 1.807) is 6.92 Å². The van der Waals surface area contributed by atoms with Gasteiger partial charge in [0.2, 0.25) is 0 Å². The highest BCUT2D eigenvalue weighted by Crippen LogP contribution is 2.26. The fraction of sp³-hybridized carbons (Fsp3) is 0.900. The van der Waals surface area contributed by atoms with Gasteiger partial charge in [0.05, 0.1) is 7.59 Å². The minimum Gasteiger partial charge on any atom is -0.408 e. The summed E-state index contributed by atoms with van der Waals surface area (Å²) in [5.41, 5.74) is -0.601. The molecule has 0 aromatic carbocycles. The Bertz CT molecular complexity index is 227. The number of hydrogen-bond acceptors (Lipinski definition) is 2. The predicted octanol–water partition coefficient (Wildman–Crippen LogP) is 2.99. The van der Waals surface area contributed by atoms with Crippen molar-refractivity contribution in [2.24, 2.45) is 0 Å². The Balaban J connectivity index is 4.76. The van der Waals surface area contributed by atoms with Crippen LogP contribution in [0.25, 0.3) is 0 Å². The summed E-state index contributed by atoms with van der Waals surface area (Å²) in [5.74, 6) is 0.122. The van der Waals surface area contributed by atoms with Crippen molar-refractivity contribution in [2.75, 3.05) is 0 Å². The van der Waals surface area contributed by atoms with Crippen molar-refractivity contribution in [3.8, 4) is 0 Å². The first-order valence-corrected chi connectivity index (χ1v) is 12.5. The van der Waals surface area contributed by atoms with Gasteiger partial charge in [-0.15, -0.1) is 0 Å². The molecule has 0 rings (SSSR count). The van der Waals surface area contributed by atoms with Crippen LogP contribution in [0, 0.1) is 0 Å². The highest BCUT2D eigenvalue weighted by molar-refractivity contribution is 7.37. The summed E-state index contributed by atoms with van der Waals surface area (Å²) in [7, 11) is -2.96. The van der Waals surface area contributed by atoms with Crippen LogP contribution in [-0.2, 0) is 9.22 Å². The summed E-state index contributed by atoms with van der Waals surface area (Å²) in [5, 5.41) is 0. The normalized spacial score (nSPS) is 14.3. The topological polar surface area (TPSA) is 26.3 Å². The average Bonchev–Trinajstić information content (AvgIpc) is 1.80. The van der Waals surface area contributed by atoms with Crippen molar-refractivity contribution >= 4 is 21.2 Å². The van der Waals surface area contributed by atoms with Crippen LogP contribution in [0.15, 0.2) is 0 Å². The molecule has 0 heterocycles. The summed E-state index contributed by atoms with van der Waals surface area (Å²) in [6.45, 7) is 16.8. The number of carbonyl (C=O) groups excluding carboxylic acids is 1. The molecule has 0 spiro atoms. The first-order chi connectivity index (χ1) is 5.90. The van der Waals surface area contributed by atoms with E-state index >= 15 is 0 Å². The van der Waals surface area contributed by atoms with Gasteiger partial charge in [-0.25, -0.2) is 0 Å². The maximum absolute atomic E-state index is 11.4. The van der Waals surface area contributed by atoms with Crippen LogP contribution < -0.4 is 0 Å². The third-order valence-electron chi connectivity index (χ3n) is 3.16. The molecule has 4 heteroatoms. The van der Waals surface area contributed by atoms with E-state index < -0.39 is 21.0 Å². The van der Waals surface area contributed by atoms with Gasteiger partial charge in [0.1, 0.15) is 5.60 Å². The molecular formula is C10H24O2Si2. The zero-order valence-corrected chi connectivity index (χ0v) is 12.8. The molecule has 0 fully saturated rings. The third kappa shape index (κ3) is 3.33. The molecule has 0 radical (unpaired) electrons. The molecule has 0 aliphatic carbocycles. The van der Waals surface area contributed by atoms with E-state index in [-0.39, 0.29) is 5.78 Å². The van der Waals surface area contributed by atoms with Crippen LogP contribution in [0.4, 0.5) is 0 Å². The second kappa shape index (κ2) is 3.91. The largest absolute Gasteiger partial charge is 0.408 e. The van der Waals surface area contributed by atoms with Gasteiger partial charge in [0, 0.05) is 0 Å². The highest BCUT2D eigenvalue weighted by atomic mass is 29.3. The molecule has 0 saturated heterocycles. The number of ketones is 1. The minimum atomic E-state index is -1.69. The van der Waals surface area contributed by atoms with E-state index in [1.807, 2.05) is 13.8 Å². The van der Waals surface area contributed by atoms with E-state index in [1.165, 1.54) is 0 Å². The molecule has 0 aliphatic rings. The van der Waals surface area contributed by atoms with E-state index in [2.05, 4.69) is 32.7 Å². The van der Waals surface area contributed by atoms with E-state index in [9.17, 15) is 4.79 Å². The van der Waals surface area contributed by atoms with E-state index in [0.29, 0.717) is 0 Å². The van der Waals surface area contributed by atoms with Crippen molar-refractivity contribution in [1.82, 2.24) is 0 Å². The summed E-state index contributed by atoms with van der Waals surface area (Å²) < 4.78 is 6.10. The zero-order chi connectivity index (χ0) is 11.8. The van der Waals surface area contributed by atoms with Crippen molar-refractivity contribution in [3.63, 3.8) is 0 Å². The maximum Gasteiger partial charge on any atom is 0.174 e. The summed E-state index contributed by atoms with van der Waals surface area (Å²) in [6.07, 6.45) is 0. The fourth-order valence-electron chi connectivity index (χ4n) is 0.863. The number of carbonyl (C=O) groups is 1. The fourth-order valence-corrected chi connectivity index (χ4v) is 4.27. The Morgan fingerprint density at radius 2 is 1.43 bits per heavy atom. The first-order valence-electron chi connectivity index (χ1n) is 5.11. The molecule has 2 nitrogen and oxygen atoms in total. The van der Waals surface area contributed by atoms with E-state index in [0.717, 1.165) is 0 Å². The second-order valence-electron chi connectivity index (χ2n) is 5.93. The molecule has 84 valence electrons. The van der Waals surface area contributed by atoms with Gasteiger partial charge in [0.15, 0.2) is 13.6 Å². The molecule has 0 amide bonds. The van der Waals surface area contributed by atoms with Crippen molar-refractivity contribution in [2.45, 2.75) is 59.1 Å². The maximum atomic E-state index is 11.4. The van der Waals surface area contributed by atoms with Crippen LogP contribution in [-0.4, -0.2) is 26.8 Å². The quantitative estimate of drug-likeness (QED) is 0.697. The number of rotatable bonds is 4. The lowest BCUT2D eigenvalue weighted by molar-refractivity contribution is -0.130. The smallest absolute Gasteiger partial charge is 0.174 e. The molecule has 0 saturated carbocycles. The Morgan fingerprint density at radius 3 is 1.64 bits per heavy atom. The predicted molar refractivity (Wildman–Crippen MR) is 66.7 cm³/mol. The Kier molecular flexibility index (Phi) is 3.92. The third-order valence-corrected chi connectivity index (χ3v) is 18.9. The van der Waals surface area contributed by atoms with Crippen molar-refractivity contribution < 1.29 is 9.22 Å². The molecule has 0 aromatic rings. The lowest BCUT2D eigenvalue weighted by Crippen LogP contribution is -2.59. The van der Waals surface area contributed by atoms with Gasteiger partial charge < -0.3 is 4.43 Å². The first kappa shape index (κ1) is 14.1.